The molecular formula is C20H20N2O2S. The van der Waals surface area contributed by atoms with Gasteiger partial charge >= 0.3 is 0 Å². The second-order valence-electron chi connectivity index (χ2n) is 6.05. The highest BCUT2D eigenvalue weighted by Crippen LogP contribution is 2.29. The molecule has 1 fully saturated rings. The molecule has 4 nitrogen and oxygen atoms in total. The third kappa shape index (κ3) is 5.01. The number of rotatable bonds is 5. The summed E-state index contributed by atoms with van der Waals surface area (Å²) in [6.45, 7) is 0. The molecule has 1 N–H and O–H groups in total. The second kappa shape index (κ2) is 8.59. The Morgan fingerprint density at radius 1 is 1.16 bits per heavy atom. The lowest BCUT2D eigenvalue weighted by atomic mass is 9.95. The van der Waals surface area contributed by atoms with Crippen molar-refractivity contribution in [1.82, 2.24) is 5.32 Å². The number of furan rings is 1. The summed E-state index contributed by atoms with van der Waals surface area (Å²) in [4.78, 5) is 13.4. The number of nitrogens with one attached hydrogen (secondary N) is 1. The molecule has 5 heteroatoms. The van der Waals surface area contributed by atoms with E-state index in [0.29, 0.717) is 5.76 Å². The topological polar surface area (TPSA) is 66.0 Å². The van der Waals surface area contributed by atoms with Gasteiger partial charge in [-0.2, -0.15) is 5.26 Å². The van der Waals surface area contributed by atoms with Gasteiger partial charge in [-0.1, -0.05) is 49.2 Å². The lowest BCUT2D eigenvalue weighted by Gasteiger charge is -2.22. The molecular weight excluding hydrogens is 332 g/mol. The highest BCUT2D eigenvalue weighted by molar-refractivity contribution is 7.99. The van der Waals surface area contributed by atoms with E-state index in [4.69, 9.17) is 4.42 Å². The Labute approximate surface area is 151 Å². The van der Waals surface area contributed by atoms with Gasteiger partial charge < -0.3 is 9.73 Å². The van der Waals surface area contributed by atoms with Crippen molar-refractivity contribution >= 4 is 23.7 Å². The molecule has 0 radical (unpaired) electrons. The maximum atomic E-state index is 12.3. The normalized spacial score (nSPS) is 15.6. The van der Waals surface area contributed by atoms with E-state index in [1.165, 1.54) is 24.3 Å². The minimum Gasteiger partial charge on any atom is -0.450 e. The average molecular weight is 352 g/mol. The van der Waals surface area contributed by atoms with Gasteiger partial charge in [0.25, 0.3) is 5.91 Å². The van der Waals surface area contributed by atoms with Crippen LogP contribution < -0.4 is 5.32 Å². The zero-order valence-corrected chi connectivity index (χ0v) is 14.7. The highest BCUT2D eigenvalue weighted by atomic mass is 32.2. The second-order valence-corrected chi connectivity index (χ2v) is 7.13. The van der Waals surface area contributed by atoms with E-state index in [1.807, 2.05) is 42.5 Å². The number of hydrogen-bond acceptors (Lipinski definition) is 4. The Bertz CT molecular complexity index is 784. The smallest absolute Gasteiger partial charge is 0.262 e. The van der Waals surface area contributed by atoms with Gasteiger partial charge in [-0.25, -0.2) is 0 Å². The molecule has 1 heterocycles. The Kier molecular flexibility index (Phi) is 5.97. The molecule has 1 aliphatic rings. The number of carbonyl (C=O) groups is 1. The predicted octanol–water partition coefficient (Wildman–Crippen LogP) is 4.79. The van der Waals surface area contributed by atoms with Crippen LogP contribution in [0.3, 0.4) is 0 Å². The van der Waals surface area contributed by atoms with Crippen molar-refractivity contribution in [3.63, 3.8) is 0 Å². The molecule has 1 amide bonds. The van der Waals surface area contributed by atoms with Crippen LogP contribution in [-0.2, 0) is 4.79 Å². The fraction of sp³-hybridized carbons (Fsp3) is 0.300. The Hall–Kier alpha value is -2.45. The molecule has 25 heavy (non-hydrogen) atoms. The van der Waals surface area contributed by atoms with Crippen molar-refractivity contribution in [3.8, 4) is 6.07 Å². The predicted molar refractivity (Wildman–Crippen MR) is 97.9 cm³/mol. The molecule has 1 aromatic carbocycles. The summed E-state index contributed by atoms with van der Waals surface area (Å²) in [5, 5.41) is 13.0. The van der Waals surface area contributed by atoms with Crippen LogP contribution in [0, 0.1) is 11.3 Å². The van der Waals surface area contributed by atoms with E-state index in [1.54, 1.807) is 6.07 Å². The van der Waals surface area contributed by atoms with Crippen molar-refractivity contribution in [3.05, 3.63) is 53.8 Å². The van der Waals surface area contributed by atoms with Crippen molar-refractivity contribution in [2.45, 2.75) is 48.1 Å². The molecule has 2 aromatic rings. The molecule has 0 bridgehead atoms. The average Bonchev–Trinajstić information content (AvgIpc) is 3.08. The Morgan fingerprint density at radius 3 is 2.64 bits per heavy atom. The summed E-state index contributed by atoms with van der Waals surface area (Å²) in [6, 6.07) is 15.7. The lowest BCUT2D eigenvalue weighted by molar-refractivity contribution is -0.117. The maximum absolute atomic E-state index is 12.3. The Balaban J connectivity index is 1.65. The van der Waals surface area contributed by atoms with Gasteiger partial charge in [-0.05, 0) is 37.1 Å². The van der Waals surface area contributed by atoms with E-state index in [9.17, 15) is 10.1 Å². The van der Waals surface area contributed by atoms with E-state index < -0.39 is 0 Å². The van der Waals surface area contributed by atoms with Gasteiger partial charge in [0.1, 0.15) is 17.4 Å². The minimum atomic E-state index is -0.317. The molecule has 0 unspecified atom stereocenters. The standard InChI is InChI=1S/C20H20N2O2S/c21-14-15(20(23)22-16-7-3-1-4-8-16)13-17-11-12-19(24-17)25-18-9-5-2-6-10-18/h2,5-6,9-13,16H,1,3-4,7-8H2,(H,22,23). The summed E-state index contributed by atoms with van der Waals surface area (Å²) < 4.78 is 5.72. The molecule has 128 valence electrons. The fourth-order valence-corrected chi connectivity index (χ4v) is 3.67. The fourth-order valence-electron chi connectivity index (χ4n) is 2.87. The largest absolute Gasteiger partial charge is 0.450 e. The van der Waals surface area contributed by atoms with Gasteiger partial charge in [0.2, 0.25) is 0 Å². The number of carbonyl (C=O) groups excluding carboxylic acids is 1. The summed E-state index contributed by atoms with van der Waals surface area (Å²) >= 11 is 1.50. The zero-order valence-electron chi connectivity index (χ0n) is 13.9. The van der Waals surface area contributed by atoms with Crippen LogP contribution in [-0.4, -0.2) is 11.9 Å². The van der Waals surface area contributed by atoms with Crippen LogP contribution in [0.15, 0.2) is 62.4 Å². The van der Waals surface area contributed by atoms with Crippen LogP contribution in [0.5, 0.6) is 0 Å². The molecule has 0 aliphatic heterocycles. The van der Waals surface area contributed by atoms with Gasteiger partial charge in [-0.15, -0.1) is 0 Å². The Morgan fingerprint density at radius 2 is 1.92 bits per heavy atom. The van der Waals surface area contributed by atoms with Gasteiger partial charge in [0.05, 0.1) is 0 Å². The molecule has 1 aliphatic carbocycles. The highest BCUT2D eigenvalue weighted by Gasteiger charge is 2.18. The minimum absolute atomic E-state index is 0.0798. The third-order valence-electron chi connectivity index (χ3n) is 4.16. The summed E-state index contributed by atoms with van der Waals surface area (Å²) in [5.74, 6) is 0.192. The summed E-state index contributed by atoms with van der Waals surface area (Å²) in [7, 11) is 0. The number of hydrogen-bond donors (Lipinski definition) is 1. The maximum Gasteiger partial charge on any atom is 0.262 e. The number of nitriles is 1. The molecule has 0 spiro atoms. The van der Waals surface area contributed by atoms with Crippen LogP contribution in [0.2, 0.25) is 0 Å². The van der Waals surface area contributed by atoms with E-state index >= 15 is 0 Å². The van der Waals surface area contributed by atoms with Gasteiger partial charge in [0, 0.05) is 17.0 Å². The van der Waals surface area contributed by atoms with Crippen LogP contribution in [0.1, 0.15) is 37.9 Å². The third-order valence-corrected chi connectivity index (χ3v) is 5.08. The number of benzene rings is 1. The summed E-state index contributed by atoms with van der Waals surface area (Å²) in [5.41, 5.74) is 0.0798. The van der Waals surface area contributed by atoms with Crippen molar-refractivity contribution in [2.75, 3.05) is 0 Å². The van der Waals surface area contributed by atoms with Crippen LogP contribution >= 0.6 is 11.8 Å². The molecule has 1 saturated carbocycles. The summed E-state index contributed by atoms with van der Waals surface area (Å²) in [6.07, 6.45) is 6.98. The molecule has 1 aromatic heterocycles. The number of amides is 1. The van der Waals surface area contributed by atoms with Crippen molar-refractivity contribution in [1.29, 1.82) is 5.26 Å². The van der Waals surface area contributed by atoms with Crippen LogP contribution in [0.25, 0.3) is 6.08 Å². The lowest BCUT2D eigenvalue weighted by Crippen LogP contribution is -2.36. The molecule has 3 rings (SSSR count). The van der Waals surface area contributed by atoms with Crippen molar-refractivity contribution in [2.24, 2.45) is 0 Å². The van der Waals surface area contributed by atoms with Crippen LogP contribution in [0.4, 0.5) is 0 Å². The SMILES string of the molecule is N#CC(=Cc1ccc(Sc2ccccc2)o1)C(=O)NC1CCCCC1. The van der Waals surface area contributed by atoms with Gasteiger partial charge in [0.15, 0.2) is 5.09 Å². The molecule has 0 saturated heterocycles. The van der Waals surface area contributed by atoms with E-state index in [2.05, 4.69) is 5.32 Å². The van der Waals surface area contributed by atoms with E-state index in [0.717, 1.165) is 35.7 Å². The first-order chi connectivity index (χ1) is 12.2. The zero-order chi connectivity index (χ0) is 17.5. The monoisotopic (exact) mass is 352 g/mol. The first kappa shape index (κ1) is 17.4. The van der Waals surface area contributed by atoms with Crippen molar-refractivity contribution < 1.29 is 9.21 Å². The first-order valence-electron chi connectivity index (χ1n) is 8.50. The quantitative estimate of drug-likeness (QED) is 0.621. The van der Waals surface area contributed by atoms with Gasteiger partial charge in [-0.3, -0.25) is 4.79 Å². The molecule has 0 atom stereocenters. The number of nitrogens with zero attached hydrogens (tertiary/aromatic N) is 1. The first-order valence-corrected chi connectivity index (χ1v) is 9.31. The van der Waals surface area contributed by atoms with E-state index in [-0.39, 0.29) is 17.5 Å².